The first-order valence-electron chi connectivity index (χ1n) is 3.94. The number of rotatable bonds is 4. The van der Waals surface area contributed by atoms with Crippen molar-refractivity contribution in [3.05, 3.63) is 6.04 Å². The summed E-state index contributed by atoms with van der Waals surface area (Å²) in [6.45, 7) is 4.49. The van der Waals surface area contributed by atoms with Gasteiger partial charge in [-0.3, -0.25) is 0 Å². The van der Waals surface area contributed by atoms with Gasteiger partial charge >= 0.3 is 0 Å². The second kappa shape index (κ2) is 3.21. The van der Waals surface area contributed by atoms with Crippen molar-refractivity contribution in [2.75, 3.05) is 0 Å². The Kier molecular flexibility index (Phi) is 2.52. The number of nitrogens with one attached hydrogen (secondary N) is 1. The number of hydrogen-bond acceptors (Lipinski definition) is 1. The highest BCUT2D eigenvalue weighted by Gasteiger charge is 2.23. The van der Waals surface area contributed by atoms with E-state index in [1.54, 1.807) is 6.04 Å². The molecule has 1 unspecified atom stereocenters. The maximum absolute atomic E-state index is 3.47. The van der Waals surface area contributed by atoms with Crippen LogP contribution >= 0.6 is 0 Å². The predicted octanol–water partition coefficient (Wildman–Crippen LogP) is 2.09. The van der Waals surface area contributed by atoms with Gasteiger partial charge in [0.15, 0.2) is 0 Å². The fraction of sp³-hybridized carbons (Fsp3) is 0.875. The van der Waals surface area contributed by atoms with Gasteiger partial charge in [0.05, 0.1) is 0 Å². The van der Waals surface area contributed by atoms with Crippen molar-refractivity contribution in [3.8, 4) is 0 Å². The molecule has 1 aliphatic carbocycles. The lowest BCUT2D eigenvalue weighted by Gasteiger charge is -2.09. The normalized spacial score (nSPS) is 22.0. The van der Waals surface area contributed by atoms with E-state index in [9.17, 15) is 0 Å². The van der Waals surface area contributed by atoms with Gasteiger partial charge < -0.3 is 5.32 Å². The first-order valence-corrected chi connectivity index (χ1v) is 3.94. The summed E-state index contributed by atoms with van der Waals surface area (Å²) in [5.74, 6) is 0. The largest absolute Gasteiger partial charge is 0.307 e. The van der Waals surface area contributed by atoms with E-state index in [1.807, 2.05) is 0 Å². The Morgan fingerprint density at radius 1 is 1.56 bits per heavy atom. The van der Waals surface area contributed by atoms with E-state index in [4.69, 9.17) is 0 Å². The highest BCUT2D eigenvalue weighted by atomic mass is 15.0. The van der Waals surface area contributed by atoms with Crippen molar-refractivity contribution in [1.29, 1.82) is 0 Å². The van der Waals surface area contributed by atoms with Crippen LogP contribution in [0.25, 0.3) is 0 Å². The van der Waals surface area contributed by atoms with Gasteiger partial charge in [-0.25, -0.2) is 0 Å². The Bertz CT molecular complexity index is 76.6. The summed E-state index contributed by atoms with van der Waals surface area (Å²) in [6.07, 6.45) is 5.26. The van der Waals surface area contributed by atoms with Gasteiger partial charge in [-0.1, -0.05) is 13.3 Å². The minimum Gasteiger partial charge on any atom is -0.307 e. The van der Waals surface area contributed by atoms with Crippen LogP contribution in [0.1, 0.15) is 39.5 Å². The lowest BCUT2D eigenvalue weighted by atomic mass is 10.2. The van der Waals surface area contributed by atoms with E-state index in [2.05, 4.69) is 19.2 Å². The van der Waals surface area contributed by atoms with Crippen LogP contribution in [-0.4, -0.2) is 6.04 Å². The summed E-state index contributed by atoms with van der Waals surface area (Å²) in [4.78, 5) is 0. The fourth-order valence-corrected chi connectivity index (χ4v) is 1.06. The van der Waals surface area contributed by atoms with E-state index in [0.29, 0.717) is 6.04 Å². The van der Waals surface area contributed by atoms with E-state index in [1.165, 1.54) is 25.7 Å². The summed E-state index contributed by atoms with van der Waals surface area (Å²) in [5.41, 5.74) is 0. The molecule has 0 aromatic heterocycles. The van der Waals surface area contributed by atoms with Crippen LogP contribution in [0.5, 0.6) is 0 Å². The summed E-state index contributed by atoms with van der Waals surface area (Å²) in [6, 6.07) is 2.28. The Balaban J connectivity index is 1.95. The topological polar surface area (TPSA) is 12.0 Å². The summed E-state index contributed by atoms with van der Waals surface area (Å²) in [5, 5.41) is 3.47. The summed E-state index contributed by atoms with van der Waals surface area (Å²) in [7, 11) is 0. The third-order valence-corrected chi connectivity index (χ3v) is 1.67. The molecule has 0 bridgehead atoms. The monoisotopic (exact) mass is 126 g/mol. The minimum absolute atomic E-state index is 0.715. The Hall–Kier alpha value is -0.0400. The van der Waals surface area contributed by atoms with Crippen LogP contribution in [0.3, 0.4) is 0 Å². The predicted molar refractivity (Wildman–Crippen MR) is 40.0 cm³/mol. The first kappa shape index (κ1) is 7.07. The van der Waals surface area contributed by atoms with Crippen molar-refractivity contribution in [1.82, 2.24) is 5.32 Å². The lowest BCUT2D eigenvalue weighted by molar-refractivity contribution is 0.547. The molecule has 53 valence electrons. The molecule has 0 amide bonds. The summed E-state index contributed by atoms with van der Waals surface area (Å²) >= 11 is 0. The molecule has 1 saturated carbocycles. The standard InChI is InChI=1S/C8H16N/c1-3-4-7(2)9-8-5-6-8/h7,9H,3-6H2,1-2H3. The van der Waals surface area contributed by atoms with Gasteiger partial charge in [-0.05, 0) is 26.2 Å². The maximum Gasteiger partial charge on any atom is 0.0367 e. The van der Waals surface area contributed by atoms with Crippen molar-refractivity contribution in [2.45, 2.75) is 45.6 Å². The molecule has 1 heteroatoms. The lowest BCUT2D eigenvalue weighted by Crippen LogP contribution is -2.23. The van der Waals surface area contributed by atoms with Crippen molar-refractivity contribution in [2.24, 2.45) is 0 Å². The minimum atomic E-state index is 0.715. The zero-order valence-corrected chi connectivity index (χ0v) is 6.41. The van der Waals surface area contributed by atoms with Crippen LogP contribution in [0, 0.1) is 6.04 Å². The quantitative estimate of drug-likeness (QED) is 0.608. The molecule has 1 rings (SSSR count). The second-order valence-electron chi connectivity index (χ2n) is 2.94. The summed E-state index contributed by atoms with van der Waals surface area (Å²) < 4.78 is 0. The van der Waals surface area contributed by atoms with Crippen LogP contribution < -0.4 is 5.32 Å². The third-order valence-electron chi connectivity index (χ3n) is 1.67. The molecule has 1 N–H and O–H groups in total. The van der Waals surface area contributed by atoms with Crippen molar-refractivity contribution in [3.63, 3.8) is 0 Å². The van der Waals surface area contributed by atoms with E-state index >= 15 is 0 Å². The van der Waals surface area contributed by atoms with Gasteiger partial charge in [0.25, 0.3) is 0 Å². The molecule has 1 nitrogen and oxygen atoms in total. The average Bonchev–Trinajstić information content (AvgIpc) is 2.50. The van der Waals surface area contributed by atoms with Crippen LogP contribution in [-0.2, 0) is 0 Å². The Labute approximate surface area is 57.8 Å². The zero-order valence-electron chi connectivity index (χ0n) is 6.41. The SMILES string of the molecule is CCCC(C)N[C]1CC1. The Morgan fingerprint density at radius 3 is 2.67 bits per heavy atom. The van der Waals surface area contributed by atoms with Crippen LogP contribution in [0.4, 0.5) is 0 Å². The molecule has 0 aromatic rings. The van der Waals surface area contributed by atoms with Gasteiger partial charge in [0.2, 0.25) is 0 Å². The number of hydrogen-bond donors (Lipinski definition) is 1. The fourth-order valence-electron chi connectivity index (χ4n) is 1.06. The molecule has 1 aliphatic rings. The van der Waals surface area contributed by atoms with E-state index in [-0.39, 0.29) is 0 Å². The molecule has 0 aliphatic heterocycles. The molecule has 9 heavy (non-hydrogen) atoms. The van der Waals surface area contributed by atoms with Crippen LogP contribution in [0.2, 0.25) is 0 Å². The van der Waals surface area contributed by atoms with Crippen LogP contribution in [0.15, 0.2) is 0 Å². The second-order valence-corrected chi connectivity index (χ2v) is 2.94. The molecular formula is C8H16N. The van der Waals surface area contributed by atoms with E-state index < -0.39 is 0 Å². The molecule has 0 heterocycles. The highest BCUT2D eigenvalue weighted by Crippen LogP contribution is 2.28. The third kappa shape index (κ3) is 2.85. The molecular weight excluding hydrogens is 110 g/mol. The van der Waals surface area contributed by atoms with Crippen molar-refractivity contribution < 1.29 is 0 Å². The maximum atomic E-state index is 3.47. The molecule has 1 fully saturated rings. The molecule has 0 spiro atoms. The molecule has 0 saturated heterocycles. The van der Waals surface area contributed by atoms with E-state index in [0.717, 1.165) is 0 Å². The van der Waals surface area contributed by atoms with Gasteiger partial charge in [0.1, 0.15) is 0 Å². The Morgan fingerprint density at radius 2 is 2.22 bits per heavy atom. The highest BCUT2D eigenvalue weighted by molar-refractivity contribution is 5.03. The van der Waals surface area contributed by atoms with Gasteiger partial charge in [-0.15, -0.1) is 0 Å². The molecule has 0 aromatic carbocycles. The first-order chi connectivity index (χ1) is 4.33. The van der Waals surface area contributed by atoms with Gasteiger partial charge in [-0.2, -0.15) is 0 Å². The average molecular weight is 126 g/mol. The van der Waals surface area contributed by atoms with Gasteiger partial charge in [0, 0.05) is 12.1 Å². The van der Waals surface area contributed by atoms with Crippen molar-refractivity contribution >= 4 is 0 Å². The molecule has 1 radical (unpaired) electrons. The zero-order chi connectivity index (χ0) is 6.69. The molecule has 1 atom stereocenters. The smallest absolute Gasteiger partial charge is 0.0367 e.